The zero-order chi connectivity index (χ0) is 24.9. The van der Waals surface area contributed by atoms with E-state index in [4.69, 9.17) is 0 Å². The SMILES string of the molecule is Cc1ccc(-c2cc3ncnc(N4CCNCC4)c3s2)cc1F.O=CNCc1ccc2scnc2c1.[HH].[HH]. The van der Waals surface area contributed by atoms with Gasteiger partial charge in [-0.25, -0.2) is 19.3 Å². The summed E-state index contributed by atoms with van der Waals surface area (Å²) in [5.74, 6) is 0.814. The first kappa shape index (κ1) is 24.2. The number of nitrogens with zero attached hydrogens (tertiary/aromatic N) is 4. The third-order valence-electron chi connectivity index (χ3n) is 5.95. The van der Waals surface area contributed by atoms with Crippen LogP contribution in [0.2, 0.25) is 0 Å². The van der Waals surface area contributed by atoms with Gasteiger partial charge in [0.25, 0.3) is 0 Å². The van der Waals surface area contributed by atoms with Gasteiger partial charge in [0, 0.05) is 40.5 Å². The molecule has 10 heteroatoms. The third-order valence-corrected chi connectivity index (χ3v) is 7.93. The maximum absolute atomic E-state index is 13.9. The number of piperazine rings is 1. The Morgan fingerprint density at radius 1 is 1.11 bits per heavy atom. The average molecular weight is 525 g/mol. The molecule has 1 aliphatic heterocycles. The molecule has 7 nitrogen and oxygen atoms in total. The number of halogens is 1. The zero-order valence-electron chi connectivity index (χ0n) is 19.7. The van der Waals surface area contributed by atoms with Gasteiger partial charge in [-0.1, -0.05) is 18.2 Å². The number of rotatable bonds is 5. The van der Waals surface area contributed by atoms with Gasteiger partial charge in [0.15, 0.2) is 0 Å². The number of nitrogens with one attached hydrogen (secondary N) is 2. The van der Waals surface area contributed by atoms with E-state index in [9.17, 15) is 9.18 Å². The number of aryl methyl sites for hydroxylation is 1. The second-order valence-electron chi connectivity index (χ2n) is 8.38. The van der Waals surface area contributed by atoms with Gasteiger partial charge in [-0.3, -0.25) is 4.79 Å². The molecule has 0 atom stereocenters. The van der Waals surface area contributed by atoms with Crippen LogP contribution < -0.4 is 15.5 Å². The number of carbonyl (C=O) groups excluding carboxylic acids is 1. The Labute approximate surface area is 219 Å². The van der Waals surface area contributed by atoms with Crippen molar-refractivity contribution in [3.8, 4) is 10.4 Å². The second kappa shape index (κ2) is 11.1. The predicted octanol–water partition coefficient (Wildman–Crippen LogP) is 5.25. The molecule has 6 rings (SSSR count). The van der Waals surface area contributed by atoms with E-state index in [0.717, 1.165) is 63.7 Å². The summed E-state index contributed by atoms with van der Waals surface area (Å²) in [5.41, 5.74) is 6.37. The first-order valence-corrected chi connectivity index (χ1v) is 13.3. The molecule has 36 heavy (non-hydrogen) atoms. The molecule has 1 saturated heterocycles. The van der Waals surface area contributed by atoms with Crippen molar-refractivity contribution in [1.29, 1.82) is 0 Å². The number of amides is 1. The number of anilines is 1. The Balaban J connectivity index is 0.000000229. The Morgan fingerprint density at radius 2 is 1.97 bits per heavy atom. The lowest BCUT2D eigenvalue weighted by Gasteiger charge is -2.28. The quantitative estimate of drug-likeness (QED) is 0.306. The lowest BCUT2D eigenvalue weighted by molar-refractivity contribution is -0.109. The fraction of sp³-hybridized carbons (Fsp3) is 0.231. The summed E-state index contributed by atoms with van der Waals surface area (Å²) in [6.45, 7) is 6.16. The van der Waals surface area contributed by atoms with Crippen LogP contribution in [0.15, 0.2) is 54.3 Å². The van der Waals surface area contributed by atoms with Crippen molar-refractivity contribution >= 4 is 55.3 Å². The Morgan fingerprint density at radius 3 is 2.78 bits per heavy atom. The summed E-state index contributed by atoms with van der Waals surface area (Å²) in [6, 6.07) is 13.4. The van der Waals surface area contributed by atoms with E-state index in [2.05, 4.69) is 30.5 Å². The molecule has 0 aliphatic carbocycles. The van der Waals surface area contributed by atoms with Crippen molar-refractivity contribution in [2.75, 3.05) is 31.1 Å². The van der Waals surface area contributed by atoms with Crippen molar-refractivity contribution in [1.82, 2.24) is 25.6 Å². The van der Waals surface area contributed by atoms with Gasteiger partial charge in [0.1, 0.15) is 18.0 Å². The fourth-order valence-corrected chi connectivity index (χ4v) is 5.79. The van der Waals surface area contributed by atoms with Gasteiger partial charge in [0.05, 0.1) is 25.9 Å². The van der Waals surface area contributed by atoms with Crippen molar-refractivity contribution < 1.29 is 12.0 Å². The number of aromatic nitrogens is 3. The van der Waals surface area contributed by atoms with Gasteiger partial charge in [-0.05, 0) is 47.9 Å². The summed E-state index contributed by atoms with van der Waals surface area (Å²) in [7, 11) is 0. The minimum Gasteiger partial charge on any atom is -0.355 e. The topological polar surface area (TPSA) is 83.0 Å². The summed E-state index contributed by atoms with van der Waals surface area (Å²) in [5, 5.41) is 5.97. The first-order chi connectivity index (χ1) is 17.6. The lowest BCUT2D eigenvalue weighted by atomic mass is 10.1. The Hall–Kier alpha value is -3.47. The van der Waals surface area contributed by atoms with Crippen LogP contribution in [-0.4, -0.2) is 47.5 Å². The van der Waals surface area contributed by atoms with Crippen LogP contribution in [0, 0.1) is 12.7 Å². The average Bonchev–Trinajstić information content (AvgIpc) is 3.56. The molecule has 0 radical (unpaired) electrons. The van der Waals surface area contributed by atoms with E-state index in [1.807, 2.05) is 41.9 Å². The smallest absolute Gasteiger partial charge is 0.207 e. The maximum atomic E-state index is 13.9. The molecular formula is C26H29FN6OS2. The maximum Gasteiger partial charge on any atom is 0.207 e. The van der Waals surface area contributed by atoms with Gasteiger partial charge >= 0.3 is 0 Å². The zero-order valence-corrected chi connectivity index (χ0v) is 21.3. The van der Waals surface area contributed by atoms with Gasteiger partial charge in [-0.2, -0.15) is 0 Å². The van der Waals surface area contributed by atoms with Gasteiger partial charge in [-0.15, -0.1) is 22.7 Å². The van der Waals surface area contributed by atoms with Crippen LogP contribution in [0.25, 0.3) is 30.9 Å². The van der Waals surface area contributed by atoms with E-state index in [1.54, 1.807) is 42.0 Å². The van der Waals surface area contributed by atoms with Crippen molar-refractivity contribution in [3.63, 3.8) is 0 Å². The number of fused-ring (bicyclic) bond motifs is 2. The fourth-order valence-electron chi connectivity index (χ4n) is 4.01. The first-order valence-electron chi connectivity index (χ1n) is 11.6. The number of hydrogen-bond acceptors (Lipinski definition) is 8. The molecule has 1 aliphatic rings. The van der Waals surface area contributed by atoms with Crippen molar-refractivity contribution in [2.24, 2.45) is 0 Å². The van der Waals surface area contributed by atoms with Crippen molar-refractivity contribution in [3.05, 3.63) is 71.2 Å². The molecule has 1 fully saturated rings. The van der Waals surface area contributed by atoms with Crippen LogP contribution in [-0.2, 0) is 11.3 Å². The molecule has 4 heterocycles. The van der Waals surface area contributed by atoms with E-state index < -0.39 is 0 Å². The molecule has 0 spiro atoms. The van der Waals surface area contributed by atoms with Crippen LogP contribution in [0.3, 0.4) is 0 Å². The normalized spacial score (nSPS) is 13.4. The minimum atomic E-state index is -0.173. The molecule has 1 amide bonds. The molecule has 0 bridgehead atoms. The highest BCUT2D eigenvalue weighted by Crippen LogP contribution is 2.37. The minimum absolute atomic E-state index is 0. The van der Waals surface area contributed by atoms with E-state index in [1.165, 1.54) is 4.70 Å². The van der Waals surface area contributed by atoms with Crippen LogP contribution in [0.4, 0.5) is 10.2 Å². The highest BCUT2D eigenvalue weighted by atomic mass is 32.1. The highest BCUT2D eigenvalue weighted by molar-refractivity contribution is 7.22. The van der Waals surface area contributed by atoms with Crippen molar-refractivity contribution in [2.45, 2.75) is 13.5 Å². The number of carbonyl (C=O) groups is 1. The number of thiazole rings is 1. The van der Waals surface area contributed by atoms with Gasteiger partial charge in [0.2, 0.25) is 6.41 Å². The summed E-state index contributed by atoms with van der Waals surface area (Å²) < 4.78 is 16.1. The molecule has 2 aromatic carbocycles. The predicted molar refractivity (Wildman–Crippen MR) is 149 cm³/mol. The lowest BCUT2D eigenvalue weighted by Crippen LogP contribution is -2.43. The number of thiophene rings is 1. The van der Waals surface area contributed by atoms with Crippen LogP contribution >= 0.6 is 22.7 Å². The largest absolute Gasteiger partial charge is 0.355 e. The van der Waals surface area contributed by atoms with Crippen LogP contribution in [0.1, 0.15) is 14.0 Å². The van der Waals surface area contributed by atoms with Gasteiger partial charge < -0.3 is 15.5 Å². The van der Waals surface area contributed by atoms with Crippen LogP contribution in [0.5, 0.6) is 0 Å². The molecule has 5 aromatic rings. The number of benzene rings is 2. The van der Waals surface area contributed by atoms with E-state index in [0.29, 0.717) is 18.5 Å². The third kappa shape index (κ3) is 5.35. The molecule has 0 unspecified atom stereocenters. The highest BCUT2D eigenvalue weighted by Gasteiger charge is 2.17. The molecule has 3 aromatic heterocycles. The summed E-state index contributed by atoms with van der Waals surface area (Å²) in [4.78, 5) is 26.4. The molecule has 2 N–H and O–H groups in total. The summed E-state index contributed by atoms with van der Waals surface area (Å²) in [6.07, 6.45) is 2.32. The van der Waals surface area contributed by atoms with E-state index in [-0.39, 0.29) is 8.67 Å². The Bertz CT molecular complexity index is 1510. The van der Waals surface area contributed by atoms with E-state index >= 15 is 0 Å². The second-order valence-corrected chi connectivity index (χ2v) is 10.3. The molecule has 0 saturated carbocycles. The molecule has 188 valence electrons. The molecular weight excluding hydrogens is 495 g/mol. The monoisotopic (exact) mass is 524 g/mol. The number of hydrogen-bond donors (Lipinski definition) is 2. The standard InChI is InChI=1S/C17H17FN4S.C9H8N2OS.2H2/c1-11-2-3-12(8-13(11)18)15-9-14-16(23-15)17(21-10-20-14)22-6-4-19-5-7-22;12-5-10-4-7-1-2-9-8(3-7)11-6-13-9;;/h2-3,8-10,19H,4-7H2,1H3;1-3,5-6H,4H2,(H,10,12);2*1H. The summed E-state index contributed by atoms with van der Waals surface area (Å²) >= 11 is 3.25. The Kier molecular flexibility index (Phi) is 7.45.